The molecular formula is C45H25N5. The molecule has 0 amide bonds. The van der Waals surface area contributed by atoms with E-state index in [0.29, 0.717) is 28.1 Å². The molecule has 2 heterocycles. The van der Waals surface area contributed by atoms with Crippen LogP contribution in [0.2, 0.25) is 0 Å². The van der Waals surface area contributed by atoms with E-state index in [1.807, 2.05) is 54.6 Å². The SMILES string of the molecule is [C-]#[N+]c1ccc(C#N)c(-c2ccccc2-c2cccc(-n3c4ccccc4c4ccccc43)c2)c1-n1c2ccccc2c2cc(C#N)ccc21. The Bertz CT molecular complexity index is 2920. The topological polar surface area (TPSA) is 61.8 Å². The van der Waals surface area contributed by atoms with E-state index in [2.05, 4.69) is 105 Å². The Morgan fingerprint density at radius 2 is 1.10 bits per heavy atom. The molecule has 0 aliphatic rings. The lowest BCUT2D eigenvalue weighted by atomic mass is 9.90. The van der Waals surface area contributed by atoms with E-state index in [0.717, 1.165) is 55.2 Å². The lowest BCUT2D eigenvalue weighted by Gasteiger charge is -2.20. The number of rotatable bonds is 4. The molecule has 0 N–H and O–H groups in total. The average Bonchev–Trinajstić information content (AvgIpc) is 3.70. The molecular weight excluding hydrogens is 611 g/mol. The van der Waals surface area contributed by atoms with Crippen LogP contribution >= 0.6 is 0 Å². The van der Waals surface area contributed by atoms with E-state index in [9.17, 15) is 10.5 Å². The van der Waals surface area contributed by atoms with E-state index < -0.39 is 0 Å². The number of para-hydroxylation sites is 3. The van der Waals surface area contributed by atoms with Crippen LogP contribution in [0, 0.1) is 29.2 Å². The molecule has 7 aromatic carbocycles. The fourth-order valence-electron chi connectivity index (χ4n) is 7.51. The minimum Gasteiger partial charge on any atom is -0.318 e. The van der Waals surface area contributed by atoms with Gasteiger partial charge in [0.05, 0.1) is 57.6 Å². The minimum atomic E-state index is 0.430. The van der Waals surface area contributed by atoms with Gasteiger partial charge in [-0.2, -0.15) is 10.5 Å². The zero-order valence-electron chi connectivity index (χ0n) is 26.7. The van der Waals surface area contributed by atoms with Gasteiger partial charge in [-0.1, -0.05) is 103 Å². The standard InChI is InChI=1S/C45H25N5/c1-48-39-23-22-31(28-47)44(45(39)50-42-20-9-6-16-36(42)38-25-29(27-46)21-24-43(38)50)37-17-3-2-13-33(37)30-11-10-12-32(26-30)49-40-18-7-4-14-34(40)35-15-5-8-19-41(35)49/h2-26H. The van der Waals surface area contributed by atoms with Crippen molar-refractivity contribution < 1.29 is 0 Å². The Balaban J connectivity index is 1.33. The Morgan fingerprint density at radius 1 is 0.500 bits per heavy atom. The first-order chi connectivity index (χ1) is 24.7. The van der Waals surface area contributed by atoms with Crippen LogP contribution in [0.4, 0.5) is 5.69 Å². The van der Waals surface area contributed by atoms with Crippen molar-refractivity contribution in [1.82, 2.24) is 9.13 Å². The van der Waals surface area contributed by atoms with E-state index >= 15 is 0 Å². The number of aromatic nitrogens is 2. The molecule has 0 saturated carbocycles. The lowest BCUT2D eigenvalue weighted by molar-refractivity contribution is 1.18. The summed E-state index contributed by atoms with van der Waals surface area (Å²) in [5, 5.41) is 24.6. The average molecular weight is 636 g/mol. The Kier molecular flexibility index (Phi) is 6.56. The molecule has 0 atom stereocenters. The summed E-state index contributed by atoms with van der Waals surface area (Å²) in [6.45, 7) is 8.29. The van der Waals surface area contributed by atoms with Crippen LogP contribution in [0.1, 0.15) is 11.1 Å². The van der Waals surface area contributed by atoms with Gasteiger partial charge in [0.25, 0.3) is 0 Å². The quantitative estimate of drug-likeness (QED) is 0.181. The molecule has 0 saturated heterocycles. The molecule has 0 aliphatic heterocycles. The van der Waals surface area contributed by atoms with E-state index in [1.165, 1.54) is 10.8 Å². The summed E-state index contributed by atoms with van der Waals surface area (Å²) < 4.78 is 4.39. The fourth-order valence-corrected chi connectivity index (χ4v) is 7.51. The number of hydrogen-bond donors (Lipinski definition) is 0. The highest BCUT2D eigenvalue weighted by Gasteiger charge is 2.24. The van der Waals surface area contributed by atoms with Gasteiger partial charge in [0.1, 0.15) is 0 Å². The molecule has 5 nitrogen and oxygen atoms in total. The van der Waals surface area contributed by atoms with Gasteiger partial charge in [0.2, 0.25) is 5.69 Å². The van der Waals surface area contributed by atoms with Crippen molar-refractivity contribution in [1.29, 1.82) is 10.5 Å². The van der Waals surface area contributed by atoms with Gasteiger partial charge in [-0.15, -0.1) is 0 Å². The van der Waals surface area contributed by atoms with Crippen molar-refractivity contribution in [3.05, 3.63) is 174 Å². The summed E-state index contributed by atoms with van der Waals surface area (Å²) in [5.41, 5.74) is 10.6. The van der Waals surface area contributed by atoms with Gasteiger partial charge in [-0.25, -0.2) is 4.85 Å². The number of fused-ring (bicyclic) bond motifs is 6. The Morgan fingerprint density at radius 3 is 1.76 bits per heavy atom. The maximum absolute atomic E-state index is 10.6. The van der Waals surface area contributed by atoms with Crippen LogP contribution in [0.25, 0.3) is 82.1 Å². The number of nitriles is 2. The van der Waals surface area contributed by atoms with Crippen molar-refractivity contribution in [3.8, 4) is 45.8 Å². The normalized spacial score (nSPS) is 11.1. The maximum Gasteiger partial charge on any atom is 0.211 e. The monoisotopic (exact) mass is 635 g/mol. The zero-order chi connectivity index (χ0) is 33.8. The smallest absolute Gasteiger partial charge is 0.211 e. The predicted octanol–water partition coefficient (Wildman–Crippen LogP) is 11.5. The molecule has 50 heavy (non-hydrogen) atoms. The van der Waals surface area contributed by atoms with Gasteiger partial charge in [-0.05, 0) is 65.2 Å². The fraction of sp³-hybridized carbons (Fsp3) is 0. The van der Waals surface area contributed by atoms with Crippen molar-refractivity contribution in [2.45, 2.75) is 0 Å². The molecule has 0 aliphatic carbocycles. The number of hydrogen-bond acceptors (Lipinski definition) is 2. The molecule has 9 aromatic rings. The summed E-state index contributed by atoms with van der Waals surface area (Å²) in [7, 11) is 0. The van der Waals surface area contributed by atoms with Crippen LogP contribution in [-0.2, 0) is 0 Å². The van der Waals surface area contributed by atoms with Crippen LogP contribution in [-0.4, -0.2) is 9.13 Å². The van der Waals surface area contributed by atoms with Crippen molar-refractivity contribution in [2.75, 3.05) is 0 Å². The summed E-state index contributed by atoms with van der Waals surface area (Å²) in [6.07, 6.45) is 0. The van der Waals surface area contributed by atoms with Crippen molar-refractivity contribution in [2.24, 2.45) is 0 Å². The van der Waals surface area contributed by atoms with Gasteiger partial charge in [0, 0.05) is 32.8 Å². The van der Waals surface area contributed by atoms with Crippen LogP contribution in [0.15, 0.2) is 152 Å². The highest BCUT2D eigenvalue weighted by Crippen LogP contribution is 2.45. The molecule has 0 radical (unpaired) electrons. The third kappa shape index (κ3) is 4.24. The highest BCUT2D eigenvalue weighted by molar-refractivity contribution is 6.12. The first kappa shape index (κ1) is 28.8. The first-order valence-corrected chi connectivity index (χ1v) is 16.3. The van der Waals surface area contributed by atoms with Gasteiger partial charge in [-0.3, -0.25) is 0 Å². The Hall–Kier alpha value is -7.39. The van der Waals surface area contributed by atoms with Crippen molar-refractivity contribution in [3.63, 3.8) is 0 Å². The molecule has 230 valence electrons. The van der Waals surface area contributed by atoms with E-state index in [1.54, 1.807) is 18.2 Å². The molecule has 0 unspecified atom stereocenters. The van der Waals surface area contributed by atoms with Gasteiger partial charge >= 0.3 is 0 Å². The van der Waals surface area contributed by atoms with Crippen molar-refractivity contribution >= 4 is 49.3 Å². The number of benzene rings is 7. The summed E-state index contributed by atoms with van der Waals surface area (Å²) in [4.78, 5) is 4.01. The second kappa shape index (κ2) is 11.4. The second-order valence-electron chi connectivity index (χ2n) is 12.2. The van der Waals surface area contributed by atoms with Crippen LogP contribution < -0.4 is 0 Å². The molecule has 0 fully saturated rings. The van der Waals surface area contributed by atoms with Crippen LogP contribution in [0.3, 0.4) is 0 Å². The van der Waals surface area contributed by atoms with E-state index in [4.69, 9.17) is 6.57 Å². The Labute approximate surface area is 288 Å². The third-order valence-corrected chi connectivity index (χ3v) is 9.61. The largest absolute Gasteiger partial charge is 0.318 e. The van der Waals surface area contributed by atoms with E-state index in [-0.39, 0.29) is 0 Å². The summed E-state index contributed by atoms with van der Waals surface area (Å²) >= 11 is 0. The maximum atomic E-state index is 10.6. The predicted molar refractivity (Wildman–Crippen MR) is 202 cm³/mol. The molecule has 2 aromatic heterocycles. The third-order valence-electron chi connectivity index (χ3n) is 9.61. The number of nitrogens with zero attached hydrogens (tertiary/aromatic N) is 5. The molecule has 0 bridgehead atoms. The van der Waals surface area contributed by atoms with Gasteiger partial charge in [0.15, 0.2) is 0 Å². The van der Waals surface area contributed by atoms with Crippen LogP contribution in [0.5, 0.6) is 0 Å². The summed E-state index contributed by atoms with van der Waals surface area (Å²) in [5.74, 6) is 0. The first-order valence-electron chi connectivity index (χ1n) is 16.3. The zero-order valence-corrected chi connectivity index (χ0v) is 26.7. The molecule has 9 rings (SSSR count). The minimum absolute atomic E-state index is 0.430. The van der Waals surface area contributed by atoms with Gasteiger partial charge < -0.3 is 9.13 Å². The second-order valence-corrected chi connectivity index (χ2v) is 12.2. The summed E-state index contributed by atoms with van der Waals surface area (Å²) in [6, 6.07) is 55.4. The highest BCUT2D eigenvalue weighted by atomic mass is 15.0. The molecule has 0 spiro atoms. The molecule has 5 heteroatoms. The lowest BCUT2D eigenvalue weighted by Crippen LogP contribution is -2.01.